The molecule has 3 rings (SSSR count). The summed E-state index contributed by atoms with van der Waals surface area (Å²) in [7, 11) is 2.06. The van der Waals surface area contributed by atoms with Crippen molar-refractivity contribution in [1.82, 2.24) is 4.57 Å². The number of fused-ring (bicyclic) bond motifs is 1. The van der Waals surface area contributed by atoms with Gasteiger partial charge in [-0.2, -0.15) is 0 Å². The molecule has 1 aliphatic heterocycles. The molecule has 0 amide bonds. The summed E-state index contributed by atoms with van der Waals surface area (Å²) in [6.07, 6.45) is 0.588. The smallest absolute Gasteiger partial charge is 0.102 e. The molecular weight excluding hydrogens is 290 g/mol. The molecule has 23 heavy (non-hydrogen) atoms. The number of morpholine rings is 1. The van der Waals surface area contributed by atoms with Gasteiger partial charge in [0.15, 0.2) is 0 Å². The zero-order chi connectivity index (χ0) is 16.6. The number of benzene rings is 1. The summed E-state index contributed by atoms with van der Waals surface area (Å²) in [6, 6.07) is 6.12. The number of nitrogens with zero attached hydrogens (tertiary/aromatic N) is 2. The molecule has 1 aromatic heterocycles. The van der Waals surface area contributed by atoms with Gasteiger partial charge in [0.25, 0.3) is 0 Å². The van der Waals surface area contributed by atoms with E-state index in [9.17, 15) is 5.11 Å². The van der Waals surface area contributed by atoms with Gasteiger partial charge in [-0.05, 0) is 37.1 Å². The van der Waals surface area contributed by atoms with Gasteiger partial charge in [-0.25, -0.2) is 0 Å². The monoisotopic (exact) mass is 315 g/mol. The van der Waals surface area contributed by atoms with Crippen LogP contribution in [0, 0.1) is 6.92 Å². The van der Waals surface area contributed by atoms with E-state index in [4.69, 9.17) is 10.5 Å². The van der Waals surface area contributed by atoms with Crippen molar-refractivity contribution < 1.29 is 9.84 Å². The van der Waals surface area contributed by atoms with Crippen LogP contribution >= 0.6 is 0 Å². The van der Waals surface area contributed by atoms with Crippen molar-refractivity contribution in [3.05, 3.63) is 41.8 Å². The Morgan fingerprint density at radius 2 is 2.09 bits per heavy atom. The van der Waals surface area contributed by atoms with E-state index >= 15 is 0 Å². The van der Waals surface area contributed by atoms with Crippen molar-refractivity contribution in [3.63, 3.8) is 0 Å². The van der Waals surface area contributed by atoms with Crippen LogP contribution in [0.1, 0.15) is 11.3 Å². The van der Waals surface area contributed by atoms with Crippen LogP contribution in [0.15, 0.2) is 30.5 Å². The summed E-state index contributed by atoms with van der Waals surface area (Å²) in [4.78, 5) is 2.35. The molecule has 2 aromatic rings. The number of hydrogen-bond donors (Lipinski definition) is 2. The molecule has 0 radical (unpaired) electrons. The van der Waals surface area contributed by atoms with Crippen LogP contribution in [0.3, 0.4) is 0 Å². The Kier molecular flexibility index (Phi) is 4.33. The van der Waals surface area contributed by atoms with E-state index in [1.807, 2.05) is 0 Å². The van der Waals surface area contributed by atoms with Crippen LogP contribution in [0.4, 0.5) is 5.69 Å². The van der Waals surface area contributed by atoms with E-state index in [0.29, 0.717) is 6.42 Å². The van der Waals surface area contributed by atoms with Gasteiger partial charge in [-0.15, -0.1) is 0 Å². The van der Waals surface area contributed by atoms with Gasteiger partial charge in [0.1, 0.15) is 5.76 Å². The topological polar surface area (TPSA) is 63.7 Å². The minimum atomic E-state index is -0.439. The fraction of sp³-hybridized carbons (Fsp3) is 0.444. The number of aliphatic hydroxyl groups is 1. The maximum absolute atomic E-state index is 9.56. The maximum Gasteiger partial charge on any atom is 0.102 e. The minimum Gasteiger partial charge on any atom is -0.511 e. The first-order valence-corrected chi connectivity index (χ1v) is 8.03. The molecule has 0 spiro atoms. The molecule has 1 saturated heterocycles. The van der Waals surface area contributed by atoms with Crippen LogP contribution in [-0.4, -0.2) is 42.0 Å². The van der Waals surface area contributed by atoms with Crippen molar-refractivity contribution in [2.24, 2.45) is 12.8 Å². The second kappa shape index (κ2) is 6.26. The van der Waals surface area contributed by atoms with E-state index in [2.05, 4.69) is 48.2 Å². The van der Waals surface area contributed by atoms with Crippen LogP contribution in [0.5, 0.6) is 0 Å². The predicted molar refractivity (Wildman–Crippen MR) is 94.1 cm³/mol. The summed E-state index contributed by atoms with van der Waals surface area (Å²) in [5.74, 6) is 0.0331. The first-order valence-electron chi connectivity index (χ1n) is 8.03. The van der Waals surface area contributed by atoms with E-state index in [1.54, 1.807) is 0 Å². The van der Waals surface area contributed by atoms with E-state index in [1.165, 1.54) is 27.8 Å². The SMILES string of the molecule is C=C(O)C(N)Cc1c(C)n(C)c2ccc(N3CCOCC3)cc12. The molecule has 1 aliphatic rings. The second-order valence-electron chi connectivity index (χ2n) is 6.23. The van der Waals surface area contributed by atoms with Crippen molar-refractivity contribution in [2.75, 3.05) is 31.2 Å². The van der Waals surface area contributed by atoms with Gasteiger partial charge >= 0.3 is 0 Å². The average Bonchev–Trinajstić information content (AvgIpc) is 2.80. The first-order chi connectivity index (χ1) is 11.0. The number of ether oxygens (including phenoxy) is 1. The van der Waals surface area contributed by atoms with Crippen LogP contribution in [0.25, 0.3) is 10.9 Å². The molecule has 1 atom stereocenters. The number of anilines is 1. The lowest BCUT2D eigenvalue weighted by Crippen LogP contribution is -2.36. The van der Waals surface area contributed by atoms with Gasteiger partial charge in [0.05, 0.1) is 19.3 Å². The molecule has 0 bridgehead atoms. The maximum atomic E-state index is 9.56. The number of rotatable bonds is 4. The van der Waals surface area contributed by atoms with Gasteiger partial charge in [0.2, 0.25) is 0 Å². The third-order valence-electron chi connectivity index (χ3n) is 4.83. The molecule has 5 heteroatoms. The highest BCUT2D eigenvalue weighted by Crippen LogP contribution is 2.30. The fourth-order valence-electron chi connectivity index (χ4n) is 3.25. The zero-order valence-electron chi connectivity index (χ0n) is 13.9. The molecule has 124 valence electrons. The third-order valence-corrected chi connectivity index (χ3v) is 4.83. The lowest BCUT2D eigenvalue weighted by Gasteiger charge is -2.29. The Morgan fingerprint density at radius 3 is 2.74 bits per heavy atom. The molecule has 0 aliphatic carbocycles. The normalized spacial score (nSPS) is 16.7. The molecule has 1 fully saturated rings. The number of hydrogen-bond acceptors (Lipinski definition) is 4. The fourth-order valence-corrected chi connectivity index (χ4v) is 3.25. The Hall–Kier alpha value is -1.98. The lowest BCUT2D eigenvalue weighted by molar-refractivity contribution is 0.122. The number of aryl methyl sites for hydroxylation is 1. The number of aromatic nitrogens is 1. The predicted octanol–water partition coefficient (Wildman–Crippen LogP) is 2.26. The quantitative estimate of drug-likeness (QED) is 0.850. The molecule has 3 N–H and O–H groups in total. The van der Waals surface area contributed by atoms with Gasteiger partial charge in [-0.3, -0.25) is 0 Å². The highest BCUT2D eigenvalue weighted by molar-refractivity contribution is 5.88. The summed E-state index contributed by atoms with van der Waals surface area (Å²) in [6.45, 7) is 9.03. The summed E-state index contributed by atoms with van der Waals surface area (Å²) in [5.41, 5.74) is 10.8. The highest BCUT2D eigenvalue weighted by Gasteiger charge is 2.18. The third kappa shape index (κ3) is 2.94. The molecule has 5 nitrogen and oxygen atoms in total. The first kappa shape index (κ1) is 15.9. The van der Waals surface area contributed by atoms with Crippen molar-refractivity contribution in [3.8, 4) is 0 Å². The Labute approximate surface area is 136 Å². The zero-order valence-corrected chi connectivity index (χ0v) is 13.9. The minimum absolute atomic E-state index is 0.0331. The van der Waals surface area contributed by atoms with Gasteiger partial charge < -0.3 is 25.0 Å². The lowest BCUT2D eigenvalue weighted by atomic mass is 10.0. The Balaban J connectivity index is 2.03. The second-order valence-corrected chi connectivity index (χ2v) is 6.23. The van der Waals surface area contributed by atoms with Gasteiger partial charge in [-0.1, -0.05) is 6.58 Å². The standard InChI is InChI=1S/C18H25N3O2/c1-12-15(11-17(19)13(2)22)16-10-14(4-5-18(16)20(12)3)21-6-8-23-9-7-21/h4-5,10,17,22H,2,6-9,11,19H2,1,3H3. The highest BCUT2D eigenvalue weighted by atomic mass is 16.5. The van der Waals surface area contributed by atoms with E-state index in [0.717, 1.165) is 26.3 Å². The Morgan fingerprint density at radius 1 is 1.39 bits per heavy atom. The Bertz CT molecular complexity index is 729. The average molecular weight is 315 g/mol. The molecular formula is C18H25N3O2. The molecule has 1 aromatic carbocycles. The molecule has 1 unspecified atom stereocenters. The van der Waals surface area contributed by atoms with Crippen molar-refractivity contribution >= 4 is 16.6 Å². The molecule has 2 heterocycles. The van der Waals surface area contributed by atoms with Crippen LogP contribution in [-0.2, 0) is 18.2 Å². The number of nitrogens with two attached hydrogens (primary N) is 1. The van der Waals surface area contributed by atoms with E-state index < -0.39 is 6.04 Å². The van der Waals surface area contributed by atoms with Gasteiger partial charge in [0, 0.05) is 42.4 Å². The van der Waals surface area contributed by atoms with E-state index in [-0.39, 0.29) is 5.76 Å². The molecule has 0 saturated carbocycles. The van der Waals surface area contributed by atoms with Crippen LogP contribution in [0.2, 0.25) is 0 Å². The summed E-state index contributed by atoms with van der Waals surface area (Å²) < 4.78 is 7.62. The summed E-state index contributed by atoms with van der Waals surface area (Å²) >= 11 is 0. The van der Waals surface area contributed by atoms with Crippen molar-refractivity contribution in [1.29, 1.82) is 0 Å². The van der Waals surface area contributed by atoms with Crippen molar-refractivity contribution in [2.45, 2.75) is 19.4 Å². The summed E-state index contributed by atoms with van der Waals surface area (Å²) in [5, 5.41) is 10.8. The number of aliphatic hydroxyl groups excluding tert-OH is 1. The van der Waals surface area contributed by atoms with Crippen LogP contribution < -0.4 is 10.6 Å². The largest absolute Gasteiger partial charge is 0.511 e.